The van der Waals surface area contributed by atoms with Crippen molar-refractivity contribution in [3.05, 3.63) is 35.9 Å². The predicted molar refractivity (Wildman–Crippen MR) is 91.0 cm³/mol. The van der Waals surface area contributed by atoms with E-state index < -0.39 is 0 Å². The summed E-state index contributed by atoms with van der Waals surface area (Å²) in [6.45, 7) is 2.88. The van der Waals surface area contributed by atoms with Gasteiger partial charge in [0.1, 0.15) is 0 Å². The second kappa shape index (κ2) is 8.67. The van der Waals surface area contributed by atoms with Gasteiger partial charge in [0, 0.05) is 32.1 Å². The molecule has 0 spiro atoms. The van der Waals surface area contributed by atoms with Crippen molar-refractivity contribution >= 4 is 11.8 Å². The Labute approximate surface area is 138 Å². The molecule has 1 saturated heterocycles. The van der Waals surface area contributed by atoms with E-state index in [1.807, 2.05) is 54.2 Å². The quantitative estimate of drug-likeness (QED) is 0.856. The molecule has 0 unspecified atom stereocenters. The summed E-state index contributed by atoms with van der Waals surface area (Å²) in [5.74, 6) is 0.322. The molecule has 0 atom stereocenters. The van der Waals surface area contributed by atoms with E-state index in [4.69, 9.17) is 0 Å². The summed E-state index contributed by atoms with van der Waals surface area (Å²) in [6.07, 6.45) is 1.96. The van der Waals surface area contributed by atoms with Crippen LogP contribution in [0.3, 0.4) is 0 Å². The van der Waals surface area contributed by atoms with E-state index in [0.717, 1.165) is 24.9 Å². The van der Waals surface area contributed by atoms with Gasteiger partial charge in [-0.1, -0.05) is 30.3 Å². The number of rotatable bonds is 6. The molecule has 1 aromatic carbocycles. The molecule has 1 fully saturated rings. The van der Waals surface area contributed by atoms with Crippen molar-refractivity contribution in [1.29, 1.82) is 0 Å². The molecule has 2 amide bonds. The molecule has 0 bridgehead atoms. The maximum Gasteiger partial charge on any atom is 0.226 e. The van der Waals surface area contributed by atoms with Gasteiger partial charge >= 0.3 is 0 Å². The smallest absolute Gasteiger partial charge is 0.226 e. The van der Waals surface area contributed by atoms with Crippen LogP contribution < -0.4 is 5.32 Å². The lowest BCUT2D eigenvalue weighted by Crippen LogP contribution is -2.44. The Balaban J connectivity index is 1.73. The Morgan fingerprint density at radius 3 is 2.43 bits per heavy atom. The minimum absolute atomic E-state index is 0.0398. The molecule has 1 aliphatic heterocycles. The van der Waals surface area contributed by atoms with Crippen molar-refractivity contribution in [2.24, 2.45) is 5.92 Å². The third-order valence-electron chi connectivity index (χ3n) is 4.27. The maximum atomic E-state index is 12.3. The number of likely N-dealkylation sites (N-methyl/N-ethyl adjacent to an activating group) is 1. The lowest BCUT2D eigenvalue weighted by molar-refractivity contribution is -0.135. The van der Waals surface area contributed by atoms with Gasteiger partial charge in [0.25, 0.3) is 0 Å². The fourth-order valence-corrected chi connectivity index (χ4v) is 2.82. The molecule has 1 heterocycles. The van der Waals surface area contributed by atoms with Crippen LogP contribution in [-0.2, 0) is 16.0 Å². The van der Waals surface area contributed by atoms with E-state index >= 15 is 0 Å². The zero-order valence-electron chi connectivity index (χ0n) is 14.1. The molecule has 5 nitrogen and oxygen atoms in total. The normalized spacial score (nSPS) is 15.7. The van der Waals surface area contributed by atoms with Crippen molar-refractivity contribution in [2.75, 3.05) is 40.3 Å². The number of carbonyl (C=O) groups is 2. The molecule has 0 aliphatic carbocycles. The van der Waals surface area contributed by atoms with Gasteiger partial charge in [0.2, 0.25) is 11.8 Å². The van der Waals surface area contributed by atoms with Gasteiger partial charge in [-0.3, -0.25) is 9.59 Å². The fourth-order valence-electron chi connectivity index (χ4n) is 2.82. The van der Waals surface area contributed by atoms with Crippen LogP contribution in [0.25, 0.3) is 0 Å². The molecule has 1 aliphatic rings. The largest absolute Gasteiger partial charge is 0.355 e. The number of likely N-dealkylation sites (tertiary alicyclic amines) is 1. The highest BCUT2D eigenvalue weighted by Gasteiger charge is 2.26. The van der Waals surface area contributed by atoms with Gasteiger partial charge < -0.3 is 15.1 Å². The van der Waals surface area contributed by atoms with Gasteiger partial charge in [-0.15, -0.1) is 0 Å². The van der Waals surface area contributed by atoms with Crippen LogP contribution in [0.1, 0.15) is 18.4 Å². The third-order valence-corrected chi connectivity index (χ3v) is 4.27. The molecule has 5 heteroatoms. The zero-order chi connectivity index (χ0) is 16.7. The molecule has 1 N–H and O–H groups in total. The molecule has 2 rings (SSSR count). The van der Waals surface area contributed by atoms with E-state index in [2.05, 4.69) is 5.32 Å². The molecular formula is C18H27N3O2. The average molecular weight is 317 g/mol. The summed E-state index contributed by atoms with van der Waals surface area (Å²) in [7, 11) is 3.98. The number of nitrogens with zero attached hydrogens (tertiary/aromatic N) is 2. The second-order valence-corrected chi connectivity index (χ2v) is 6.41. The SMILES string of the molecule is CN(C)CCNC(=O)C1CCN(C(=O)Cc2ccccc2)CC1. The summed E-state index contributed by atoms with van der Waals surface area (Å²) < 4.78 is 0. The number of nitrogens with one attached hydrogen (secondary N) is 1. The maximum absolute atomic E-state index is 12.3. The average Bonchev–Trinajstić information content (AvgIpc) is 2.55. The topological polar surface area (TPSA) is 52.7 Å². The van der Waals surface area contributed by atoms with E-state index in [1.54, 1.807) is 0 Å². The summed E-state index contributed by atoms with van der Waals surface area (Å²) in [4.78, 5) is 28.4. The first-order valence-corrected chi connectivity index (χ1v) is 8.30. The van der Waals surface area contributed by atoms with Gasteiger partial charge in [-0.2, -0.15) is 0 Å². The van der Waals surface area contributed by atoms with Gasteiger partial charge in [0.05, 0.1) is 6.42 Å². The van der Waals surface area contributed by atoms with Crippen LogP contribution in [0.15, 0.2) is 30.3 Å². The lowest BCUT2D eigenvalue weighted by Gasteiger charge is -2.31. The highest BCUT2D eigenvalue weighted by atomic mass is 16.2. The Bertz CT molecular complexity index is 508. The van der Waals surface area contributed by atoms with E-state index in [1.165, 1.54) is 0 Å². The number of piperidine rings is 1. The zero-order valence-corrected chi connectivity index (χ0v) is 14.1. The molecule has 0 radical (unpaired) electrons. The number of amides is 2. The summed E-state index contributed by atoms with van der Waals surface area (Å²) >= 11 is 0. The monoisotopic (exact) mass is 317 g/mol. The summed E-state index contributed by atoms with van der Waals surface area (Å²) in [5.41, 5.74) is 1.04. The molecule has 0 saturated carbocycles. The van der Waals surface area contributed by atoms with Crippen LogP contribution in [0, 0.1) is 5.92 Å². The Morgan fingerprint density at radius 2 is 1.83 bits per heavy atom. The minimum Gasteiger partial charge on any atom is -0.355 e. The molecule has 126 valence electrons. The molecular weight excluding hydrogens is 290 g/mol. The standard InChI is InChI=1S/C18H27N3O2/c1-20(2)13-10-19-18(23)16-8-11-21(12-9-16)17(22)14-15-6-4-3-5-7-15/h3-7,16H,8-14H2,1-2H3,(H,19,23). The van der Waals surface area contributed by atoms with E-state index in [0.29, 0.717) is 26.1 Å². The van der Waals surface area contributed by atoms with Crippen LogP contribution in [-0.4, -0.2) is 61.9 Å². The number of carbonyl (C=O) groups excluding carboxylic acids is 2. The van der Waals surface area contributed by atoms with Gasteiger partial charge in [-0.05, 0) is 32.5 Å². The van der Waals surface area contributed by atoms with Gasteiger partial charge in [-0.25, -0.2) is 0 Å². The molecule has 23 heavy (non-hydrogen) atoms. The number of benzene rings is 1. The Hall–Kier alpha value is -1.88. The highest BCUT2D eigenvalue weighted by molar-refractivity contribution is 5.81. The summed E-state index contributed by atoms with van der Waals surface area (Å²) in [5, 5.41) is 2.98. The van der Waals surface area contributed by atoms with Crippen LogP contribution in [0.4, 0.5) is 0 Å². The molecule has 1 aromatic rings. The van der Waals surface area contributed by atoms with Gasteiger partial charge in [0.15, 0.2) is 0 Å². The number of hydrogen-bond donors (Lipinski definition) is 1. The van der Waals surface area contributed by atoms with Crippen molar-refractivity contribution in [2.45, 2.75) is 19.3 Å². The predicted octanol–water partition coefficient (Wildman–Crippen LogP) is 1.15. The van der Waals surface area contributed by atoms with Crippen molar-refractivity contribution in [3.63, 3.8) is 0 Å². The van der Waals surface area contributed by atoms with E-state index in [-0.39, 0.29) is 17.7 Å². The van der Waals surface area contributed by atoms with Crippen LogP contribution in [0.5, 0.6) is 0 Å². The Morgan fingerprint density at radius 1 is 1.17 bits per heavy atom. The Kier molecular flexibility index (Phi) is 6.59. The second-order valence-electron chi connectivity index (χ2n) is 6.41. The van der Waals surface area contributed by atoms with Crippen molar-refractivity contribution in [3.8, 4) is 0 Å². The highest BCUT2D eigenvalue weighted by Crippen LogP contribution is 2.18. The lowest BCUT2D eigenvalue weighted by atomic mass is 9.95. The van der Waals surface area contributed by atoms with Crippen LogP contribution >= 0.6 is 0 Å². The fraction of sp³-hybridized carbons (Fsp3) is 0.556. The first kappa shape index (κ1) is 17.5. The van der Waals surface area contributed by atoms with E-state index in [9.17, 15) is 9.59 Å². The van der Waals surface area contributed by atoms with Crippen LogP contribution in [0.2, 0.25) is 0 Å². The number of hydrogen-bond acceptors (Lipinski definition) is 3. The first-order chi connectivity index (χ1) is 11.1. The molecule has 0 aromatic heterocycles. The third kappa shape index (κ3) is 5.67. The summed E-state index contributed by atoms with van der Waals surface area (Å²) in [6, 6.07) is 9.81. The van der Waals surface area contributed by atoms with Crippen molar-refractivity contribution < 1.29 is 9.59 Å². The first-order valence-electron chi connectivity index (χ1n) is 8.30. The van der Waals surface area contributed by atoms with Crippen molar-refractivity contribution in [1.82, 2.24) is 15.1 Å². The minimum atomic E-state index is 0.0398.